The third-order valence-electron chi connectivity index (χ3n) is 3.80. The van der Waals surface area contributed by atoms with Gasteiger partial charge in [-0.3, -0.25) is 9.59 Å². The lowest BCUT2D eigenvalue weighted by Crippen LogP contribution is -2.42. The Kier molecular flexibility index (Phi) is 4.61. The van der Waals surface area contributed by atoms with Gasteiger partial charge in [0.25, 0.3) is 5.91 Å². The van der Waals surface area contributed by atoms with E-state index in [4.69, 9.17) is 5.73 Å². The van der Waals surface area contributed by atoms with Crippen molar-refractivity contribution < 1.29 is 14.7 Å². The molecule has 1 saturated carbocycles. The minimum atomic E-state index is -0.829. The second kappa shape index (κ2) is 6.41. The summed E-state index contributed by atoms with van der Waals surface area (Å²) in [4.78, 5) is 23.5. The van der Waals surface area contributed by atoms with Gasteiger partial charge in [-0.15, -0.1) is 0 Å². The maximum Gasteiger partial charge on any atom is 0.308 e. The topological polar surface area (TPSA) is 92.4 Å². The van der Waals surface area contributed by atoms with Crippen LogP contribution in [0.25, 0.3) is 0 Å². The largest absolute Gasteiger partial charge is 0.481 e. The van der Waals surface area contributed by atoms with Gasteiger partial charge in [-0.2, -0.15) is 0 Å². The molecule has 1 aliphatic carbocycles. The third kappa shape index (κ3) is 3.50. The first-order valence-electron chi connectivity index (χ1n) is 6.97. The summed E-state index contributed by atoms with van der Waals surface area (Å²) >= 11 is 0. The summed E-state index contributed by atoms with van der Waals surface area (Å²) in [6, 6.07) is 6.40. The monoisotopic (exact) mass is 276 g/mol. The predicted octanol–water partition coefficient (Wildman–Crippen LogP) is 2.03. The Bertz CT molecular complexity index is 502. The first-order chi connectivity index (χ1) is 9.58. The second-order valence-electron chi connectivity index (χ2n) is 5.29. The quantitative estimate of drug-likeness (QED) is 0.582. The van der Waals surface area contributed by atoms with Gasteiger partial charge in [0.15, 0.2) is 0 Å². The Labute approximate surface area is 118 Å². The number of hydrogen-bond donors (Lipinski definition) is 3. The minimum Gasteiger partial charge on any atom is -0.481 e. The minimum absolute atomic E-state index is 0.254. The highest BCUT2D eigenvalue weighted by molar-refractivity contribution is 5.95. The van der Waals surface area contributed by atoms with E-state index < -0.39 is 11.9 Å². The molecule has 2 unspecified atom stereocenters. The number of hydrogen-bond acceptors (Lipinski definition) is 3. The molecule has 5 heteroatoms. The van der Waals surface area contributed by atoms with E-state index in [0.29, 0.717) is 24.1 Å². The fraction of sp³-hybridized carbons (Fsp3) is 0.467. The Morgan fingerprint density at radius 1 is 1.20 bits per heavy atom. The average Bonchev–Trinajstić information content (AvgIpc) is 2.64. The molecule has 0 radical (unpaired) electrons. The van der Waals surface area contributed by atoms with E-state index in [2.05, 4.69) is 5.32 Å². The molecule has 0 spiro atoms. The summed E-state index contributed by atoms with van der Waals surface area (Å²) in [6.45, 7) is 0. The van der Waals surface area contributed by atoms with E-state index in [1.54, 1.807) is 24.3 Å². The number of carboxylic acid groups (broad SMARTS) is 1. The molecule has 0 aromatic heterocycles. The highest BCUT2D eigenvalue weighted by Crippen LogP contribution is 2.24. The van der Waals surface area contributed by atoms with E-state index in [9.17, 15) is 14.7 Å². The SMILES string of the molecule is Nc1cccc(C(=O)NC2CCCCCC2C(=O)O)c1. The number of carbonyl (C=O) groups is 2. The summed E-state index contributed by atoms with van der Waals surface area (Å²) in [7, 11) is 0. The number of nitrogen functional groups attached to an aromatic ring is 1. The highest BCUT2D eigenvalue weighted by Gasteiger charge is 2.30. The van der Waals surface area contributed by atoms with Crippen molar-refractivity contribution in [1.82, 2.24) is 5.32 Å². The first kappa shape index (κ1) is 14.4. The van der Waals surface area contributed by atoms with Crippen molar-refractivity contribution in [1.29, 1.82) is 0 Å². The molecule has 1 amide bonds. The molecule has 2 atom stereocenters. The van der Waals surface area contributed by atoms with Crippen LogP contribution in [0.3, 0.4) is 0 Å². The fourth-order valence-corrected chi connectivity index (χ4v) is 2.71. The molecule has 0 aliphatic heterocycles. The van der Waals surface area contributed by atoms with Crippen molar-refractivity contribution in [3.8, 4) is 0 Å². The lowest BCUT2D eigenvalue weighted by Gasteiger charge is -2.22. The maximum absolute atomic E-state index is 12.2. The summed E-state index contributed by atoms with van der Waals surface area (Å²) in [6.07, 6.45) is 4.21. The summed E-state index contributed by atoms with van der Waals surface area (Å²) in [5.41, 5.74) is 6.65. The Morgan fingerprint density at radius 2 is 1.95 bits per heavy atom. The molecular weight excluding hydrogens is 256 g/mol. The molecule has 108 valence electrons. The Hall–Kier alpha value is -2.04. The molecule has 0 saturated heterocycles. The van der Waals surface area contributed by atoms with Gasteiger partial charge < -0.3 is 16.2 Å². The van der Waals surface area contributed by atoms with Gasteiger partial charge in [0.05, 0.1) is 5.92 Å². The van der Waals surface area contributed by atoms with Crippen LogP contribution in [0, 0.1) is 5.92 Å². The zero-order valence-corrected chi connectivity index (χ0v) is 11.3. The van der Waals surface area contributed by atoms with E-state index in [-0.39, 0.29) is 11.9 Å². The number of rotatable bonds is 3. The standard InChI is InChI=1S/C15H20N2O3/c16-11-6-4-5-10(9-11)14(18)17-13-8-3-1-2-7-12(13)15(19)20/h4-6,9,12-13H,1-3,7-8,16H2,(H,17,18)(H,19,20). The van der Waals surface area contributed by atoms with Crippen LogP contribution in [0.15, 0.2) is 24.3 Å². The van der Waals surface area contributed by atoms with E-state index in [0.717, 1.165) is 19.3 Å². The normalized spacial score (nSPS) is 22.8. The number of amides is 1. The summed E-state index contributed by atoms with van der Waals surface area (Å²) in [5, 5.41) is 12.1. The zero-order chi connectivity index (χ0) is 14.5. The molecule has 1 aromatic rings. The van der Waals surface area contributed by atoms with Crippen molar-refractivity contribution in [3.05, 3.63) is 29.8 Å². The van der Waals surface area contributed by atoms with Crippen LogP contribution in [0.5, 0.6) is 0 Å². The van der Waals surface area contributed by atoms with Gasteiger partial charge in [-0.25, -0.2) is 0 Å². The summed E-state index contributed by atoms with van der Waals surface area (Å²) < 4.78 is 0. The van der Waals surface area contributed by atoms with E-state index in [1.807, 2.05) is 0 Å². The van der Waals surface area contributed by atoms with Crippen LogP contribution in [0.2, 0.25) is 0 Å². The molecule has 0 bridgehead atoms. The van der Waals surface area contributed by atoms with Crippen LogP contribution in [-0.2, 0) is 4.79 Å². The van der Waals surface area contributed by atoms with Crippen LogP contribution in [-0.4, -0.2) is 23.0 Å². The van der Waals surface area contributed by atoms with Crippen molar-refractivity contribution in [2.45, 2.75) is 38.1 Å². The molecule has 1 aromatic carbocycles. The van der Waals surface area contributed by atoms with Gasteiger partial charge in [0.1, 0.15) is 0 Å². The molecule has 0 heterocycles. The molecular formula is C15H20N2O3. The zero-order valence-electron chi connectivity index (χ0n) is 11.3. The van der Waals surface area contributed by atoms with Crippen LogP contribution in [0.1, 0.15) is 42.5 Å². The number of nitrogens with two attached hydrogens (primary N) is 1. The second-order valence-corrected chi connectivity index (χ2v) is 5.29. The van der Waals surface area contributed by atoms with Gasteiger partial charge in [-0.1, -0.05) is 25.3 Å². The predicted molar refractivity (Wildman–Crippen MR) is 76.3 cm³/mol. The van der Waals surface area contributed by atoms with Crippen molar-refractivity contribution in [3.63, 3.8) is 0 Å². The number of aliphatic carboxylic acids is 1. The molecule has 5 nitrogen and oxygen atoms in total. The average molecular weight is 276 g/mol. The molecule has 2 rings (SSSR count). The third-order valence-corrected chi connectivity index (χ3v) is 3.80. The molecule has 20 heavy (non-hydrogen) atoms. The highest BCUT2D eigenvalue weighted by atomic mass is 16.4. The van der Waals surface area contributed by atoms with Crippen molar-refractivity contribution in [2.75, 3.05) is 5.73 Å². The van der Waals surface area contributed by atoms with Crippen molar-refractivity contribution >= 4 is 17.6 Å². The Balaban J connectivity index is 2.09. The van der Waals surface area contributed by atoms with Gasteiger partial charge in [0, 0.05) is 17.3 Å². The number of benzene rings is 1. The smallest absolute Gasteiger partial charge is 0.308 e. The maximum atomic E-state index is 12.2. The number of carboxylic acids is 1. The fourth-order valence-electron chi connectivity index (χ4n) is 2.71. The van der Waals surface area contributed by atoms with Gasteiger partial charge >= 0.3 is 5.97 Å². The first-order valence-corrected chi connectivity index (χ1v) is 6.97. The van der Waals surface area contributed by atoms with Gasteiger partial charge in [-0.05, 0) is 31.0 Å². The van der Waals surface area contributed by atoms with E-state index >= 15 is 0 Å². The van der Waals surface area contributed by atoms with E-state index in [1.165, 1.54) is 0 Å². The molecule has 4 N–H and O–H groups in total. The lowest BCUT2D eigenvalue weighted by molar-refractivity contribution is -0.142. The Morgan fingerprint density at radius 3 is 2.65 bits per heavy atom. The number of nitrogens with one attached hydrogen (secondary N) is 1. The summed E-state index contributed by atoms with van der Waals surface area (Å²) in [5.74, 6) is -1.58. The number of anilines is 1. The number of carbonyl (C=O) groups excluding carboxylic acids is 1. The lowest BCUT2D eigenvalue weighted by atomic mass is 9.94. The van der Waals surface area contributed by atoms with Crippen LogP contribution >= 0.6 is 0 Å². The van der Waals surface area contributed by atoms with Crippen molar-refractivity contribution in [2.24, 2.45) is 5.92 Å². The molecule has 1 aliphatic rings. The van der Waals surface area contributed by atoms with Crippen LogP contribution < -0.4 is 11.1 Å². The van der Waals surface area contributed by atoms with Gasteiger partial charge in [0.2, 0.25) is 0 Å². The van der Waals surface area contributed by atoms with Crippen LogP contribution in [0.4, 0.5) is 5.69 Å². The molecule has 1 fully saturated rings.